The predicted octanol–water partition coefficient (Wildman–Crippen LogP) is -5.43. The fourth-order valence-electron chi connectivity index (χ4n) is 0. The maximum Gasteiger partial charge on any atom is 1.00 e. The molecule has 0 unspecified atom stereocenters. The third kappa shape index (κ3) is 59.6. The Bertz CT molecular complexity index is 40.0. The van der Waals surface area contributed by atoms with Gasteiger partial charge in [-0.15, -0.1) is 0 Å². The maximum absolute atomic E-state index is 8.56. The van der Waals surface area contributed by atoms with E-state index in [9.17, 15) is 0 Å². The van der Waals surface area contributed by atoms with E-state index in [1.54, 1.807) is 0 Å². The first-order valence-corrected chi connectivity index (χ1v) is 0.651. The molecule has 0 heterocycles. The van der Waals surface area contributed by atoms with Crippen molar-refractivity contribution in [2.75, 3.05) is 0 Å². The van der Waals surface area contributed by atoms with E-state index in [4.69, 9.17) is 15.0 Å². The van der Waals surface area contributed by atoms with E-state index >= 15 is 0 Å². The van der Waals surface area contributed by atoms with Crippen LogP contribution in [0, 0.1) is 0 Å². The molecule has 5 heteroatoms. The van der Waals surface area contributed by atoms with Crippen molar-refractivity contribution in [3.63, 3.8) is 0 Å². The van der Waals surface area contributed by atoms with Gasteiger partial charge in [0.05, 0.1) is 0 Å². The zero-order valence-electron chi connectivity index (χ0n) is 6.80. The minimum absolute atomic E-state index is 0. The van der Waals surface area contributed by atoms with Gasteiger partial charge in [0.2, 0.25) is 0 Å². The number of hydrogen-bond donors (Lipinski definition) is 2. The minimum atomic E-state index is -1.83. The molecule has 0 spiro atoms. The van der Waals surface area contributed by atoms with Crippen LogP contribution in [-0.4, -0.2) is 16.4 Å². The Morgan fingerprint density at radius 3 is 1.50 bits per heavy atom. The number of carbonyl (C=O) groups is 1. The van der Waals surface area contributed by atoms with E-state index in [1.165, 1.54) is 0 Å². The molecule has 6 heavy (non-hydrogen) atoms. The molecule has 0 amide bonds. The number of hydrogen-bond acceptors (Lipinski definition) is 1. The number of rotatable bonds is 0. The molecular formula is CH5Na2O3+. The van der Waals surface area contributed by atoms with Gasteiger partial charge in [-0.2, -0.15) is 0 Å². The molecule has 0 aliphatic rings. The van der Waals surface area contributed by atoms with Crippen molar-refractivity contribution in [1.29, 1.82) is 0 Å². The first-order chi connectivity index (χ1) is 1.73. The summed E-state index contributed by atoms with van der Waals surface area (Å²) in [5.41, 5.74) is 0. The molecule has 0 aromatic rings. The second kappa shape index (κ2) is 9.55. The van der Waals surface area contributed by atoms with E-state index in [2.05, 4.69) is 0 Å². The molecule has 0 aliphatic carbocycles. The summed E-state index contributed by atoms with van der Waals surface area (Å²) >= 11 is 0. The molecule has 0 aromatic heterocycles. The average Bonchev–Trinajstić information content (AvgIpc) is 0.811. The van der Waals surface area contributed by atoms with Crippen LogP contribution in [0.4, 0.5) is 4.79 Å². The van der Waals surface area contributed by atoms with Gasteiger partial charge in [0.1, 0.15) is 0 Å². The summed E-state index contributed by atoms with van der Waals surface area (Å²) in [7, 11) is 0. The molecule has 0 fully saturated rings. The molecule has 0 radical (unpaired) electrons. The minimum Gasteiger partial charge on any atom is -1.00 e. The van der Waals surface area contributed by atoms with Crippen LogP contribution in [0.25, 0.3) is 0 Å². The van der Waals surface area contributed by atoms with Crippen molar-refractivity contribution < 1.29 is 78.4 Å². The van der Waals surface area contributed by atoms with E-state index in [0.717, 1.165) is 0 Å². The van der Waals surface area contributed by atoms with Crippen LogP contribution in [0.1, 0.15) is 4.28 Å². The van der Waals surface area contributed by atoms with Gasteiger partial charge in [0.25, 0.3) is 0 Å². The van der Waals surface area contributed by atoms with Crippen molar-refractivity contribution in [2.45, 2.75) is 0 Å². The summed E-state index contributed by atoms with van der Waals surface area (Å²) in [5.74, 6) is 0. The number of carboxylic acid groups (broad SMARTS) is 2. The Hall–Kier alpha value is 1.27. The summed E-state index contributed by atoms with van der Waals surface area (Å²) in [6.07, 6.45) is -1.83. The molecule has 0 rings (SSSR count). The Balaban J connectivity index is -0.00000000450. The zero-order valence-corrected chi connectivity index (χ0v) is 7.80. The van der Waals surface area contributed by atoms with Gasteiger partial charge >= 0.3 is 66.7 Å². The van der Waals surface area contributed by atoms with Crippen molar-refractivity contribution in [1.82, 2.24) is 0 Å². The monoisotopic (exact) mass is 111 g/mol. The van der Waals surface area contributed by atoms with Gasteiger partial charge in [-0.25, -0.2) is 4.79 Å². The molecule has 2 N–H and O–H groups in total. The first kappa shape index (κ1) is 15.7. The Morgan fingerprint density at radius 2 is 1.50 bits per heavy atom. The third-order valence-electron chi connectivity index (χ3n) is 0. The Labute approximate surface area is 83.8 Å². The summed E-state index contributed by atoms with van der Waals surface area (Å²) in [6.45, 7) is 0. The molecule has 0 aromatic carbocycles. The topological polar surface area (TPSA) is 57.5 Å². The smallest absolute Gasteiger partial charge is 1.00 e. The average molecular weight is 111 g/mol. The van der Waals surface area contributed by atoms with Crippen LogP contribution in [0.3, 0.4) is 0 Å². The maximum atomic E-state index is 8.56. The summed E-state index contributed by atoms with van der Waals surface area (Å²) in [5, 5.41) is 13.9. The molecule has 28 valence electrons. The summed E-state index contributed by atoms with van der Waals surface area (Å²) < 4.78 is 0. The van der Waals surface area contributed by atoms with Crippen molar-refractivity contribution in [3.05, 3.63) is 0 Å². The second-order valence-corrected chi connectivity index (χ2v) is 0.283. The standard InChI is InChI=1S/CH2O3.2Na.2H/c2-1(3)4;;;;/h(H2,2,3,4);;;;/q;2*+1;2*-1/p+1. The van der Waals surface area contributed by atoms with Crippen LogP contribution in [0.2, 0.25) is 0 Å². The van der Waals surface area contributed by atoms with E-state index in [0.29, 0.717) is 0 Å². The summed E-state index contributed by atoms with van der Waals surface area (Å²) in [6, 6.07) is 0. The van der Waals surface area contributed by atoms with Crippen molar-refractivity contribution >= 4 is 6.16 Å². The molecule has 0 aliphatic heterocycles. The van der Waals surface area contributed by atoms with Crippen LogP contribution < -0.4 is 59.1 Å². The van der Waals surface area contributed by atoms with E-state index in [-0.39, 0.29) is 63.4 Å². The van der Waals surface area contributed by atoms with Gasteiger partial charge in [-0.3, -0.25) is 0 Å². The normalized spacial score (nSPS) is 4.00. The van der Waals surface area contributed by atoms with Crippen LogP contribution in [0.15, 0.2) is 0 Å². The molecule has 0 bridgehead atoms. The largest absolute Gasteiger partial charge is 1.00 e. The molecule has 0 saturated heterocycles. The Kier molecular flexibility index (Phi) is 25.0. The molecule has 0 saturated carbocycles. The van der Waals surface area contributed by atoms with Crippen LogP contribution in [0.5, 0.6) is 0 Å². The first-order valence-electron chi connectivity index (χ1n) is 0.651. The van der Waals surface area contributed by atoms with Gasteiger partial charge in [-0.1, -0.05) is 0 Å². The van der Waals surface area contributed by atoms with Crippen LogP contribution in [-0.2, 0) is 0 Å². The molecule has 3 nitrogen and oxygen atoms in total. The van der Waals surface area contributed by atoms with Gasteiger partial charge in [-0.05, 0) is 0 Å². The summed E-state index contributed by atoms with van der Waals surface area (Å²) in [4.78, 5) is 8.56. The Morgan fingerprint density at radius 1 is 1.50 bits per heavy atom. The van der Waals surface area contributed by atoms with Crippen LogP contribution >= 0.6 is 0 Å². The quantitative estimate of drug-likeness (QED) is 0.307. The predicted molar refractivity (Wildman–Crippen MR) is 14.0 cm³/mol. The van der Waals surface area contributed by atoms with Crippen molar-refractivity contribution in [3.8, 4) is 0 Å². The SMILES string of the molecule is O=C(O)O.[H+].[H-].[H-].[Na+].[Na+]. The van der Waals surface area contributed by atoms with Gasteiger partial charge in [0.15, 0.2) is 0 Å². The van der Waals surface area contributed by atoms with E-state index in [1.807, 2.05) is 0 Å². The molecule has 0 atom stereocenters. The fraction of sp³-hybridized carbons (Fsp3) is 0. The van der Waals surface area contributed by atoms with Gasteiger partial charge in [0, 0.05) is 0 Å². The zero-order chi connectivity index (χ0) is 3.58. The third-order valence-corrected chi connectivity index (χ3v) is 0. The molecular weight excluding hydrogens is 106 g/mol. The fourth-order valence-corrected chi connectivity index (χ4v) is 0. The second-order valence-electron chi connectivity index (χ2n) is 0.283. The van der Waals surface area contributed by atoms with Gasteiger partial charge < -0.3 is 13.1 Å². The van der Waals surface area contributed by atoms with Crippen molar-refractivity contribution in [2.24, 2.45) is 0 Å². The van der Waals surface area contributed by atoms with E-state index < -0.39 is 6.16 Å².